The van der Waals surface area contributed by atoms with Gasteiger partial charge in [-0.25, -0.2) is 14.8 Å². The van der Waals surface area contributed by atoms with E-state index in [9.17, 15) is 4.79 Å². The van der Waals surface area contributed by atoms with Crippen LogP contribution in [-0.4, -0.2) is 31.2 Å². The molecule has 0 aliphatic heterocycles. The van der Waals surface area contributed by atoms with Crippen molar-refractivity contribution >= 4 is 17.4 Å². The van der Waals surface area contributed by atoms with Gasteiger partial charge in [0.1, 0.15) is 0 Å². The van der Waals surface area contributed by atoms with E-state index in [1.54, 1.807) is 10.8 Å². The molecule has 2 aromatic heterocycles. The Hall–Kier alpha value is -1.95. The molecule has 106 valence electrons. The van der Waals surface area contributed by atoms with Gasteiger partial charge in [0, 0.05) is 13.2 Å². The molecule has 2 N–H and O–H groups in total. The minimum absolute atomic E-state index is 0.131. The second kappa shape index (κ2) is 5.58. The monoisotopic (exact) mass is 274 g/mol. The van der Waals surface area contributed by atoms with Crippen molar-refractivity contribution in [3.63, 3.8) is 0 Å². The molecule has 0 bridgehead atoms. The quantitative estimate of drug-likeness (QED) is 0.778. The van der Waals surface area contributed by atoms with Crippen molar-refractivity contribution in [2.75, 3.05) is 6.61 Å². The lowest BCUT2D eigenvalue weighted by molar-refractivity contribution is 0.290. The van der Waals surface area contributed by atoms with Crippen LogP contribution >= 0.6 is 0 Å². The Morgan fingerprint density at radius 3 is 3.10 bits per heavy atom. The van der Waals surface area contributed by atoms with E-state index in [-0.39, 0.29) is 12.3 Å². The Morgan fingerprint density at radius 2 is 2.35 bits per heavy atom. The smallest absolute Gasteiger partial charge is 0.328 e. The Bertz CT molecular complexity index is 682. The first-order valence-electron chi connectivity index (χ1n) is 7.01. The maximum atomic E-state index is 11.9. The number of H-pyrrole nitrogens is 1. The molecular formula is C14H18N4O2. The van der Waals surface area contributed by atoms with Crippen LogP contribution in [-0.2, 0) is 6.54 Å². The number of rotatable bonds is 6. The first kappa shape index (κ1) is 13.1. The molecule has 1 aliphatic rings. The Balaban J connectivity index is 1.84. The van der Waals surface area contributed by atoms with Gasteiger partial charge in [0.15, 0.2) is 11.3 Å². The third-order valence-electron chi connectivity index (χ3n) is 3.45. The molecule has 1 saturated carbocycles. The van der Waals surface area contributed by atoms with Crippen molar-refractivity contribution in [1.29, 1.82) is 0 Å². The molecule has 6 heteroatoms. The van der Waals surface area contributed by atoms with Crippen LogP contribution in [0.5, 0.6) is 0 Å². The minimum atomic E-state index is -0.131. The SMILES string of the molecule is O=c1[nH]c2nc(/C=C/CCCO)cnc2n1CC1CC1. The Labute approximate surface area is 116 Å². The largest absolute Gasteiger partial charge is 0.396 e. The number of aromatic amines is 1. The number of unbranched alkanes of at least 4 members (excludes halogenated alkanes) is 1. The van der Waals surface area contributed by atoms with E-state index in [4.69, 9.17) is 5.11 Å². The van der Waals surface area contributed by atoms with E-state index in [0.29, 0.717) is 17.2 Å². The van der Waals surface area contributed by atoms with Crippen LogP contribution in [0.2, 0.25) is 0 Å². The summed E-state index contributed by atoms with van der Waals surface area (Å²) in [7, 11) is 0. The molecule has 0 unspecified atom stereocenters. The highest BCUT2D eigenvalue weighted by molar-refractivity contribution is 5.67. The molecule has 0 atom stereocenters. The van der Waals surface area contributed by atoms with Crippen molar-refractivity contribution in [3.05, 3.63) is 28.5 Å². The maximum absolute atomic E-state index is 11.9. The molecule has 0 saturated heterocycles. The second-order valence-corrected chi connectivity index (χ2v) is 5.22. The van der Waals surface area contributed by atoms with Crippen LogP contribution in [0.25, 0.3) is 17.4 Å². The Kier molecular flexibility index (Phi) is 3.64. The van der Waals surface area contributed by atoms with E-state index < -0.39 is 0 Å². The molecule has 20 heavy (non-hydrogen) atoms. The molecule has 2 aromatic rings. The summed E-state index contributed by atoms with van der Waals surface area (Å²) in [6, 6.07) is 0. The topological polar surface area (TPSA) is 83.8 Å². The summed E-state index contributed by atoms with van der Waals surface area (Å²) >= 11 is 0. The van der Waals surface area contributed by atoms with Gasteiger partial charge in [0.2, 0.25) is 0 Å². The zero-order valence-corrected chi connectivity index (χ0v) is 11.2. The molecule has 2 heterocycles. The van der Waals surface area contributed by atoms with Gasteiger partial charge in [-0.15, -0.1) is 0 Å². The number of aromatic nitrogens is 4. The molecule has 0 amide bonds. The zero-order chi connectivity index (χ0) is 13.9. The fraction of sp³-hybridized carbons (Fsp3) is 0.500. The van der Waals surface area contributed by atoms with E-state index in [1.807, 2.05) is 12.2 Å². The van der Waals surface area contributed by atoms with Crippen LogP contribution in [0.1, 0.15) is 31.4 Å². The van der Waals surface area contributed by atoms with Crippen molar-refractivity contribution < 1.29 is 5.11 Å². The average molecular weight is 274 g/mol. The maximum Gasteiger partial charge on any atom is 0.328 e. The number of nitrogens with one attached hydrogen (secondary N) is 1. The van der Waals surface area contributed by atoms with E-state index in [2.05, 4.69) is 15.0 Å². The van der Waals surface area contributed by atoms with Crippen LogP contribution in [0.15, 0.2) is 17.1 Å². The second-order valence-electron chi connectivity index (χ2n) is 5.22. The summed E-state index contributed by atoms with van der Waals surface area (Å²) in [5.74, 6) is 0.617. The van der Waals surface area contributed by atoms with Crippen molar-refractivity contribution in [2.24, 2.45) is 5.92 Å². The standard InChI is InChI=1S/C14H18N4O2/c19-7-3-1-2-4-11-8-15-13-12(16-11)17-14(20)18(13)9-10-5-6-10/h2,4,8,10,19H,1,3,5-7,9H2,(H,16,17,20)/b4-2+. The van der Waals surface area contributed by atoms with E-state index in [0.717, 1.165) is 25.1 Å². The molecule has 0 radical (unpaired) electrons. The lowest BCUT2D eigenvalue weighted by atomic mass is 10.3. The third-order valence-corrected chi connectivity index (χ3v) is 3.45. The zero-order valence-electron chi connectivity index (χ0n) is 11.2. The molecule has 6 nitrogen and oxygen atoms in total. The minimum Gasteiger partial charge on any atom is -0.396 e. The summed E-state index contributed by atoms with van der Waals surface area (Å²) < 4.78 is 1.68. The predicted octanol–water partition coefficient (Wildman–Crippen LogP) is 1.32. The summed E-state index contributed by atoms with van der Waals surface area (Å²) in [4.78, 5) is 23.4. The summed E-state index contributed by atoms with van der Waals surface area (Å²) in [5.41, 5.74) is 1.76. The summed E-state index contributed by atoms with van der Waals surface area (Å²) in [6.07, 6.45) is 9.41. The fourth-order valence-electron chi connectivity index (χ4n) is 2.16. The van der Waals surface area contributed by atoms with Gasteiger partial charge in [-0.1, -0.05) is 6.08 Å². The van der Waals surface area contributed by atoms with Crippen LogP contribution < -0.4 is 5.69 Å². The van der Waals surface area contributed by atoms with Crippen LogP contribution in [0, 0.1) is 5.92 Å². The van der Waals surface area contributed by atoms with E-state index in [1.165, 1.54) is 12.8 Å². The predicted molar refractivity (Wildman–Crippen MR) is 76.2 cm³/mol. The number of hydrogen-bond donors (Lipinski definition) is 2. The first-order valence-corrected chi connectivity index (χ1v) is 7.01. The fourth-order valence-corrected chi connectivity index (χ4v) is 2.16. The van der Waals surface area contributed by atoms with Gasteiger partial charge in [0.25, 0.3) is 0 Å². The molecule has 0 aromatic carbocycles. The highest BCUT2D eigenvalue weighted by Gasteiger charge is 2.24. The van der Waals surface area contributed by atoms with Crippen LogP contribution in [0.3, 0.4) is 0 Å². The van der Waals surface area contributed by atoms with Crippen molar-refractivity contribution in [1.82, 2.24) is 19.5 Å². The molecule has 1 aliphatic carbocycles. The molecular weight excluding hydrogens is 256 g/mol. The number of allylic oxidation sites excluding steroid dienone is 1. The first-order chi connectivity index (χ1) is 9.78. The van der Waals surface area contributed by atoms with Gasteiger partial charge >= 0.3 is 5.69 Å². The lowest BCUT2D eigenvalue weighted by Crippen LogP contribution is -2.17. The van der Waals surface area contributed by atoms with Gasteiger partial charge in [-0.05, 0) is 37.7 Å². The number of fused-ring (bicyclic) bond motifs is 1. The summed E-state index contributed by atoms with van der Waals surface area (Å²) in [5, 5.41) is 8.71. The number of aliphatic hydroxyl groups excluding tert-OH is 1. The van der Waals surface area contributed by atoms with Crippen LogP contribution in [0.4, 0.5) is 0 Å². The lowest BCUT2D eigenvalue weighted by Gasteiger charge is -2.00. The molecule has 3 rings (SSSR count). The van der Waals surface area contributed by atoms with Gasteiger partial charge < -0.3 is 5.11 Å². The average Bonchev–Trinajstić information content (AvgIpc) is 3.20. The number of hydrogen-bond acceptors (Lipinski definition) is 4. The normalized spacial score (nSPS) is 15.4. The molecule has 0 spiro atoms. The Morgan fingerprint density at radius 1 is 1.50 bits per heavy atom. The van der Waals surface area contributed by atoms with Crippen molar-refractivity contribution in [2.45, 2.75) is 32.2 Å². The third kappa shape index (κ3) is 2.80. The number of nitrogens with zero attached hydrogens (tertiary/aromatic N) is 3. The number of aliphatic hydroxyl groups is 1. The van der Waals surface area contributed by atoms with Crippen molar-refractivity contribution in [3.8, 4) is 0 Å². The van der Waals surface area contributed by atoms with E-state index >= 15 is 0 Å². The molecule has 1 fully saturated rings. The van der Waals surface area contributed by atoms with Gasteiger partial charge in [-0.2, -0.15) is 0 Å². The summed E-state index contributed by atoms with van der Waals surface area (Å²) in [6.45, 7) is 0.922. The highest BCUT2D eigenvalue weighted by Crippen LogP contribution is 2.30. The number of imidazole rings is 1. The van der Waals surface area contributed by atoms with Gasteiger partial charge in [-0.3, -0.25) is 9.55 Å². The highest BCUT2D eigenvalue weighted by atomic mass is 16.2. The van der Waals surface area contributed by atoms with Gasteiger partial charge in [0.05, 0.1) is 11.9 Å².